The average molecular weight is 383 g/mol. The molecule has 0 atom stereocenters. The van der Waals surface area contributed by atoms with Crippen molar-refractivity contribution in [1.29, 1.82) is 0 Å². The van der Waals surface area contributed by atoms with E-state index in [4.69, 9.17) is 4.74 Å². The third-order valence-electron chi connectivity index (χ3n) is 7.30. The van der Waals surface area contributed by atoms with Crippen LogP contribution in [0.25, 0.3) is 0 Å². The number of benzene rings is 1. The monoisotopic (exact) mass is 383 g/mol. The number of carbonyl (C=O) groups excluding carboxylic acids is 2. The van der Waals surface area contributed by atoms with Crippen LogP contribution in [0, 0.1) is 17.8 Å². The fraction of sp³-hybridized carbons (Fsp3) is 0.636. The predicted octanol–water partition coefficient (Wildman–Crippen LogP) is 3.02. The number of piperazine rings is 1. The number of nitrogens with one attached hydrogen (secondary N) is 1. The van der Waals surface area contributed by atoms with Crippen LogP contribution in [0.4, 0.5) is 10.5 Å². The molecule has 4 bridgehead atoms. The summed E-state index contributed by atoms with van der Waals surface area (Å²) in [7, 11) is 1.63. The van der Waals surface area contributed by atoms with Gasteiger partial charge in [-0.1, -0.05) is 0 Å². The summed E-state index contributed by atoms with van der Waals surface area (Å²) in [5.41, 5.74) is 0.842. The fourth-order valence-corrected chi connectivity index (χ4v) is 6.45. The van der Waals surface area contributed by atoms with Crippen LogP contribution in [0.5, 0.6) is 5.75 Å². The Balaban J connectivity index is 1.22. The van der Waals surface area contributed by atoms with Crippen molar-refractivity contribution < 1.29 is 14.3 Å². The van der Waals surface area contributed by atoms with Gasteiger partial charge < -0.3 is 19.9 Å². The Morgan fingerprint density at radius 1 is 1.04 bits per heavy atom. The number of anilines is 1. The number of carbonyl (C=O) groups is 2. The van der Waals surface area contributed by atoms with Crippen molar-refractivity contribution >= 4 is 17.6 Å². The zero-order valence-corrected chi connectivity index (χ0v) is 16.5. The first kappa shape index (κ1) is 17.8. The smallest absolute Gasteiger partial charge is 0.318 e. The van der Waals surface area contributed by atoms with Crippen LogP contribution in [-0.2, 0) is 4.79 Å². The Bertz CT molecular complexity index is 740. The largest absolute Gasteiger partial charge is 0.497 e. The molecular weight excluding hydrogens is 354 g/mol. The highest BCUT2D eigenvalue weighted by molar-refractivity contribution is 5.97. The van der Waals surface area contributed by atoms with Gasteiger partial charge in [-0.2, -0.15) is 0 Å². The van der Waals surface area contributed by atoms with E-state index in [1.54, 1.807) is 16.9 Å². The molecule has 6 rings (SSSR count). The minimum absolute atomic E-state index is 0.0119. The van der Waals surface area contributed by atoms with E-state index in [1.807, 2.05) is 24.3 Å². The first-order valence-corrected chi connectivity index (χ1v) is 10.5. The molecule has 6 heteroatoms. The van der Waals surface area contributed by atoms with Gasteiger partial charge in [-0.15, -0.1) is 0 Å². The molecule has 28 heavy (non-hydrogen) atoms. The maximum absolute atomic E-state index is 13.0. The van der Waals surface area contributed by atoms with E-state index in [9.17, 15) is 9.59 Å². The number of urea groups is 1. The summed E-state index contributed by atoms with van der Waals surface area (Å²) in [4.78, 5) is 29.1. The van der Waals surface area contributed by atoms with E-state index >= 15 is 0 Å². The minimum Gasteiger partial charge on any atom is -0.497 e. The van der Waals surface area contributed by atoms with E-state index < -0.39 is 0 Å². The van der Waals surface area contributed by atoms with Gasteiger partial charge in [0.05, 0.1) is 7.11 Å². The molecule has 0 unspecified atom stereocenters. The van der Waals surface area contributed by atoms with Crippen LogP contribution in [-0.4, -0.2) is 49.1 Å². The molecule has 4 aliphatic carbocycles. The Labute approximate surface area is 166 Å². The van der Waals surface area contributed by atoms with Gasteiger partial charge in [-0.05, 0) is 80.5 Å². The summed E-state index contributed by atoms with van der Waals surface area (Å²) in [5.74, 6) is 3.11. The lowest BCUT2D eigenvalue weighted by molar-refractivity contribution is -0.120. The van der Waals surface area contributed by atoms with E-state index in [0.29, 0.717) is 13.1 Å². The quantitative estimate of drug-likeness (QED) is 0.873. The first-order valence-electron chi connectivity index (χ1n) is 10.5. The molecule has 0 radical (unpaired) electrons. The highest BCUT2D eigenvalue weighted by Gasteiger charge is 2.52. The molecule has 5 fully saturated rings. The molecule has 1 heterocycles. The third-order valence-corrected chi connectivity index (χ3v) is 7.30. The van der Waals surface area contributed by atoms with E-state index in [2.05, 4.69) is 5.32 Å². The molecular formula is C22H29N3O3. The number of ether oxygens (including phenoxy) is 1. The minimum atomic E-state index is -0.0512. The van der Waals surface area contributed by atoms with E-state index in [0.717, 1.165) is 48.5 Å². The normalized spacial score (nSPS) is 33.9. The Kier molecular flexibility index (Phi) is 4.25. The van der Waals surface area contributed by atoms with Crippen LogP contribution in [0.1, 0.15) is 38.5 Å². The summed E-state index contributed by atoms with van der Waals surface area (Å²) in [6.45, 7) is 1.24. The van der Waals surface area contributed by atoms with Crippen LogP contribution in [0.3, 0.4) is 0 Å². The van der Waals surface area contributed by atoms with Crippen LogP contribution in [0.2, 0.25) is 0 Å². The average Bonchev–Trinajstić information content (AvgIpc) is 2.66. The molecule has 4 saturated carbocycles. The fourth-order valence-electron chi connectivity index (χ4n) is 6.45. The zero-order chi connectivity index (χ0) is 19.3. The van der Waals surface area contributed by atoms with Crippen molar-refractivity contribution in [2.24, 2.45) is 17.8 Å². The van der Waals surface area contributed by atoms with Crippen molar-refractivity contribution in [3.8, 4) is 5.75 Å². The van der Waals surface area contributed by atoms with Gasteiger partial charge in [0.2, 0.25) is 5.91 Å². The highest BCUT2D eigenvalue weighted by atomic mass is 16.5. The van der Waals surface area contributed by atoms with Crippen molar-refractivity contribution in [1.82, 2.24) is 10.2 Å². The summed E-state index contributed by atoms with van der Waals surface area (Å²) in [6.07, 6.45) is 7.45. The SMILES string of the molecule is COc1ccc(N2CCN(C(=O)NC34CC5CC(CC(C5)C3)C4)CC2=O)cc1. The predicted molar refractivity (Wildman–Crippen MR) is 106 cm³/mol. The Morgan fingerprint density at radius 2 is 1.64 bits per heavy atom. The summed E-state index contributed by atoms with van der Waals surface area (Å²) in [5, 5.41) is 3.38. The van der Waals surface area contributed by atoms with Gasteiger partial charge in [0.1, 0.15) is 12.3 Å². The van der Waals surface area contributed by atoms with E-state index in [-0.39, 0.29) is 24.0 Å². The van der Waals surface area contributed by atoms with Gasteiger partial charge in [-0.25, -0.2) is 4.79 Å². The summed E-state index contributed by atoms with van der Waals surface area (Å²) in [6, 6.07) is 7.44. The lowest BCUT2D eigenvalue weighted by Crippen LogP contribution is -2.63. The Morgan fingerprint density at radius 3 is 2.18 bits per heavy atom. The molecule has 5 aliphatic rings. The van der Waals surface area contributed by atoms with Gasteiger partial charge in [-0.3, -0.25) is 4.79 Å². The Hall–Kier alpha value is -2.24. The first-order chi connectivity index (χ1) is 13.5. The number of rotatable bonds is 3. The van der Waals surface area contributed by atoms with Gasteiger partial charge >= 0.3 is 6.03 Å². The lowest BCUT2D eigenvalue weighted by Gasteiger charge is -2.57. The number of amides is 3. The van der Waals surface area contributed by atoms with Crippen LogP contribution < -0.4 is 15.0 Å². The number of hydrogen-bond acceptors (Lipinski definition) is 3. The topological polar surface area (TPSA) is 61.9 Å². The molecule has 0 spiro atoms. The van der Waals surface area contributed by atoms with E-state index in [1.165, 1.54) is 19.3 Å². The van der Waals surface area contributed by atoms with Gasteiger partial charge in [0, 0.05) is 24.3 Å². The maximum atomic E-state index is 13.0. The number of methoxy groups -OCH3 is 1. The van der Waals surface area contributed by atoms with Crippen molar-refractivity contribution in [2.75, 3.05) is 31.6 Å². The maximum Gasteiger partial charge on any atom is 0.318 e. The van der Waals surface area contributed by atoms with Crippen molar-refractivity contribution in [3.63, 3.8) is 0 Å². The second-order valence-corrected chi connectivity index (χ2v) is 9.29. The highest BCUT2D eigenvalue weighted by Crippen LogP contribution is 2.55. The second kappa shape index (κ2) is 6.68. The molecule has 1 aromatic rings. The van der Waals surface area contributed by atoms with Gasteiger partial charge in [0.15, 0.2) is 0 Å². The summed E-state index contributed by atoms with van der Waals surface area (Å²) < 4.78 is 5.18. The molecule has 1 N–H and O–H groups in total. The van der Waals surface area contributed by atoms with Crippen LogP contribution >= 0.6 is 0 Å². The molecule has 3 amide bonds. The standard InChI is InChI=1S/C22H29N3O3/c1-28-19-4-2-18(3-5-19)25-7-6-24(14-20(25)26)21(27)23-22-11-15-8-16(12-22)10-17(9-15)13-22/h2-5,15-17H,6-14H2,1H3,(H,23,27). The molecule has 6 nitrogen and oxygen atoms in total. The van der Waals surface area contributed by atoms with Gasteiger partial charge in [0.25, 0.3) is 0 Å². The van der Waals surface area contributed by atoms with Crippen molar-refractivity contribution in [3.05, 3.63) is 24.3 Å². The zero-order valence-electron chi connectivity index (χ0n) is 16.5. The number of nitrogens with zero attached hydrogens (tertiary/aromatic N) is 2. The molecule has 1 aromatic carbocycles. The molecule has 1 saturated heterocycles. The third kappa shape index (κ3) is 3.12. The molecule has 150 valence electrons. The number of hydrogen-bond donors (Lipinski definition) is 1. The second-order valence-electron chi connectivity index (χ2n) is 9.29. The lowest BCUT2D eigenvalue weighted by atomic mass is 9.53. The molecule has 1 aliphatic heterocycles. The van der Waals surface area contributed by atoms with Crippen molar-refractivity contribution in [2.45, 2.75) is 44.1 Å². The summed E-state index contributed by atoms with van der Waals surface area (Å²) >= 11 is 0. The molecule has 0 aromatic heterocycles. The van der Waals surface area contributed by atoms with Crippen LogP contribution in [0.15, 0.2) is 24.3 Å².